The first kappa shape index (κ1) is 15.3. The number of fused-ring (bicyclic) bond motifs is 1. The third kappa shape index (κ3) is 2.93. The van der Waals surface area contributed by atoms with Crippen LogP contribution < -0.4 is 10.2 Å². The number of carbonyl (C=O) groups excluding carboxylic acids is 1. The number of nitrogens with one attached hydrogen (secondary N) is 1. The molecule has 0 radical (unpaired) electrons. The van der Waals surface area contributed by atoms with Gasteiger partial charge in [0, 0.05) is 24.7 Å². The summed E-state index contributed by atoms with van der Waals surface area (Å²) >= 11 is 0. The fourth-order valence-electron chi connectivity index (χ4n) is 4.06. The van der Waals surface area contributed by atoms with E-state index in [1.54, 1.807) is 6.26 Å². The van der Waals surface area contributed by atoms with Gasteiger partial charge in [-0.1, -0.05) is 31.0 Å². The van der Waals surface area contributed by atoms with Gasteiger partial charge >= 0.3 is 0 Å². The van der Waals surface area contributed by atoms with Gasteiger partial charge in [0.25, 0.3) is 0 Å². The molecule has 1 atom stereocenters. The van der Waals surface area contributed by atoms with Crippen LogP contribution in [0.3, 0.4) is 0 Å². The Hall–Kier alpha value is -2.23. The molecule has 1 N–H and O–H groups in total. The van der Waals surface area contributed by atoms with E-state index in [-0.39, 0.29) is 17.9 Å². The first-order valence-electron chi connectivity index (χ1n) is 8.98. The number of carbonyl (C=O) groups is 1. The lowest BCUT2D eigenvalue weighted by molar-refractivity contribution is -0.124. The van der Waals surface area contributed by atoms with Gasteiger partial charge in [0.1, 0.15) is 11.8 Å². The van der Waals surface area contributed by atoms with Crippen LogP contribution in [0.1, 0.15) is 43.0 Å². The lowest BCUT2D eigenvalue weighted by atomic mass is 10.1. The smallest absolute Gasteiger partial charge is 0.223 e. The second kappa shape index (κ2) is 6.71. The standard InChI is InChI=1S/C20H24N2O2/c23-20(16-7-1-2-8-16)21-14-18(19-10-5-13-24-19)22-12-11-15-6-3-4-9-17(15)22/h3-6,9-10,13,16,18H,1-2,7-8,11-12,14H2,(H,21,23)/t18-/m0/s1. The number of furan rings is 1. The van der Waals surface area contributed by atoms with E-state index in [0.717, 1.165) is 31.6 Å². The van der Waals surface area contributed by atoms with Crippen LogP contribution in [-0.4, -0.2) is 19.0 Å². The van der Waals surface area contributed by atoms with E-state index >= 15 is 0 Å². The summed E-state index contributed by atoms with van der Waals surface area (Å²) in [5.74, 6) is 1.32. The quantitative estimate of drug-likeness (QED) is 0.912. The van der Waals surface area contributed by atoms with Crippen LogP contribution >= 0.6 is 0 Å². The van der Waals surface area contributed by atoms with Gasteiger partial charge in [-0.15, -0.1) is 0 Å². The summed E-state index contributed by atoms with van der Waals surface area (Å²) in [5, 5.41) is 3.18. The number of amides is 1. The molecule has 2 aromatic rings. The molecule has 1 aliphatic heterocycles. The van der Waals surface area contributed by atoms with Crippen molar-refractivity contribution in [3.05, 3.63) is 54.0 Å². The van der Waals surface area contributed by atoms with Crippen molar-refractivity contribution in [3.63, 3.8) is 0 Å². The molecule has 4 heteroatoms. The first-order valence-corrected chi connectivity index (χ1v) is 8.98. The Labute approximate surface area is 142 Å². The zero-order valence-corrected chi connectivity index (χ0v) is 13.9. The predicted molar refractivity (Wildman–Crippen MR) is 93.9 cm³/mol. The second-order valence-corrected chi connectivity index (χ2v) is 6.83. The maximum atomic E-state index is 12.4. The van der Waals surface area contributed by atoms with Crippen molar-refractivity contribution in [2.75, 3.05) is 18.0 Å². The van der Waals surface area contributed by atoms with E-state index in [2.05, 4.69) is 34.5 Å². The Morgan fingerprint density at radius 1 is 1.21 bits per heavy atom. The van der Waals surface area contributed by atoms with E-state index in [1.165, 1.54) is 24.1 Å². The lowest BCUT2D eigenvalue weighted by Gasteiger charge is -2.29. The summed E-state index contributed by atoms with van der Waals surface area (Å²) in [4.78, 5) is 14.8. The van der Waals surface area contributed by atoms with E-state index in [0.29, 0.717) is 6.54 Å². The van der Waals surface area contributed by atoms with Crippen LogP contribution in [-0.2, 0) is 11.2 Å². The van der Waals surface area contributed by atoms with Crippen LogP contribution in [0.5, 0.6) is 0 Å². The number of hydrogen-bond donors (Lipinski definition) is 1. The van der Waals surface area contributed by atoms with Crippen molar-refractivity contribution in [2.45, 2.75) is 38.1 Å². The van der Waals surface area contributed by atoms with Crippen molar-refractivity contribution >= 4 is 11.6 Å². The molecule has 2 aliphatic rings. The lowest BCUT2D eigenvalue weighted by Crippen LogP contribution is -2.39. The average molecular weight is 324 g/mol. The minimum Gasteiger partial charge on any atom is -0.467 e. The largest absolute Gasteiger partial charge is 0.467 e. The van der Waals surface area contributed by atoms with Gasteiger partial charge in [-0.25, -0.2) is 0 Å². The van der Waals surface area contributed by atoms with Crippen molar-refractivity contribution in [1.29, 1.82) is 0 Å². The van der Waals surface area contributed by atoms with Crippen molar-refractivity contribution in [1.82, 2.24) is 5.32 Å². The Morgan fingerprint density at radius 2 is 2.04 bits per heavy atom. The van der Waals surface area contributed by atoms with Crippen molar-refractivity contribution in [2.24, 2.45) is 5.92 Å². The van der Waals surface area contributed by atoms with Gasteiger partial charge in [-0.3, -0.25) is 4.79 Å². The predicted octanol–water partition coefficient (Wildman–Crippen LogP) is 3.69. The summed E-state index contributed by atoms with van der Waals surface area (Å²) in [7, 11) is 0. The summed E-state index contributed by atoms with van der Waals surface area (Å²) in [6, 6.07) is 12.5. The number of benzene rings is 1. The van der Waals surface area contributed by atoms with E-state index in [9.17, 15) is 4.79 Å². The number of rotatable bonds is 5. The molecule has 1 amide bonds. The van der Waals surface area contributed by atoms with E-state index < -0.39 is 0 Å². The molecular formula is C20H24N2O2. The summed E-state index contributed by atoms with van der Waals surface area (Å²) in [6.07, 6.45) is 7.18. The highest BCUT2D eigenvalue weighted by molar-refractivity contribution is 5.79. The molecule has 1 fully saturated rings. The molecule has 1 aromatic heterocycles. The van der Waals surface area contributed by atoms with E-state index in [4.69, 9.17) is 4.42 Å². The number of nitrogens with zero attached hydrogens (tertiary/aromatic N) is 1. The van der Waals surface area contributed by atoms with E-state index in [1.807, 2.05) is 12.1 Å². The maximum Gasteiger partial charge on any atom is 0.223 e. The second-order valence-electron chi connectivity index (χ2n) is 6.83. The highest BCUT2D eigenvalue weighted by Gasteiger charge is 2.30. The zero-order chi connectivity index (χ0) is 16.4. The minimum atomic E-state index is 0.0500. The zero-order valence-electron chi connectivity index (χ0n) is 13.9. The maximum absolute atomic E-state index is 12.4. The highest BCUT2D eigenvalue weighted by atomic mass is 16.3. The molecule has 126 valence electrons. The SMILES string of the molecule is O=C(NC[C@@H](c1ccco1)N1CCc2ccccc21)C1CCCC1. The number of hydrogen-bond acceptors (Lipinski definition) is 3. The normalized spacial score (nSPS) is 18.6. The Kier molecular flexibility index (Phi) is 4.28. The molecule has 1 aliphatic carbocycles. The van der Waals surface area contributed by atoms with Crippen molar-refractivity contribution in [3.8, 4) is 0 Å². The minimum absolute atomic E-state index is 0.0500. The van der Waals surface area contributed by atoms with Crippen LogP contribution in [0, 0.1) is 5.92 Å². The van der Waals surface area contributed by atoms with Crippen LogP contribution in [0.4, 0.5) is 5.69 Å². The first-order chi connectivity index (χ1) is 11.8. The third-order valence-electron chi connectivity index (χ3n) is 5.37. The summed E-state index contributed by atoms with van der Waals surface area (Å²) in [6.45, 7) is 1.56. The van der Waals surface area contributed by atoms with Gasteiger partial charge in [-0.05, 0) is 43.0 Å². The average Bonchev–Trinajstić information content (AvgIpc) is 3.37. The fraction of sp³-hybridized carbons (Fsp3) is 0.450. The summed E-state index contributed by atoms with van der Waals surface area (Å²) < 4.78 is 5.69. The van der Waals surface area contributed by atoms with Crippen LogP contribution in [0.25, 0.3) is 0 Å². The number of para-hydroxylation sites is 1. The molecule has 4 rings (SSSR count). The fourth-order valence-corrected chi connectivity index (χ4v) is 4.06. The topological polar surface area (TPSA) is 45.5 Å². The van der Waals surface area contributed by atoms with Crippen LogP contribution in [0.15, 0.2) is 47.1 Å². The highest BCUT2D eigenvalue weighted by Crippen LogP contribution is 2.35. The molecule has 1 aromatic carbocycles. The van der Waals surface area contributed by atoms with Gasteiger partial charge in [0.2, 0.25) is 5.91 Å². The molecule has 0 bridgehead atoms. The van der Waals surface area contributed by atoms with Gasteiger partial charge in [-0.2, -0.15) is 0 Å². The van der Waals surface area contributed by atoms with Gasteiger partial charge in [0.15, 0.2) is 0 Å². The third-order valence-corrected chi connectivity index (χ3v) is 5.37. The molecule has 1 saturated carbocycles. The molecule has 24 heavy (non-hydrogen) atoms. The summed E-state index contributed by atoms with van der Waals surface area (Å²) in [5.41, 5.74) is 2.63. The molecule has 4 nitrogen and oxygen atoms in total. The number of anilines is 1. The monoisotopic (exact) mass is 324 g/mol. The Balaban J connectivity index is 1.52. The Bertz CT molecular complexity index is 689. The van der Waals surface area contributed by atoms with Crippen LogP contribution in [0.2, 0.25) is 0 Å². The molecule has 0 spiro atoms. The van der Waals surface area contributed by atoms with Crippen molar-refractivity contribution < 1.29 is 9.21 Å². The molecule has 2 heterocycles. The molecular weight excluding hydrogens is 300 g/mol. The molecule has 0 saturated heterocycles. The Morgan fingerprint density at radius 3 is 2.83 bits per heavy atom. The molecule has 0 unspecified atom stereocenters. The van der Waals surface area contributed by atoms with Gasteiger partial charge < -0.3 is 14.6 Å². The van der Waals surface area contributed by atoms with Gasteiger partial charge in [0.05, 0.1) is 6.26 Å².